The van der Waals surface area contributed by atoms with Crippen molar-refractivity contribution in [3.05, 3.63) is 27.1 Å². The molecule has 15 heteroatoms. The van der Waals surface area contributed by atoms with Crippen molar-refractivity contribution in [2.45, 2.75) is 44.5 Å². The SMILES string of the molecule is CC(=O)OC[C@H]1O[C@@H](n2cc(F)c(=S)[nH]c2=O)[C@H](NC(=S)C(F)(F)F)[C@@H]1OC(C)=O. The highest BCUT2D eigenvalue weighted by Gasteiger charge is 2.51. The molecular weight excluding hydrogens is 458 g/mol. The minimum atomic E-state index is -4.96. The fourth-order valence-corrected chi connectivity index (χ4v) is 2.96. The lowest BCUT2D eigenvalue weighted by Gasteiger charge is -2.27. The van der Waals surface area contributed by atoms with Gasteiger partial charge in [-0.2, -0.15) is 13.2 Å². The van der Waals surface area contributed by atoms with Crippen molar-refractivity contribution in [2.24, 2.45) is 0 Å². The Hall–Kier alpha value is -2.39. The molecule has 166 valence electrons. The summed E-state index contributed by atoms with van der Waals surface area (Å²) in [6.45, 7) is 1.53. The number of thiocarbonyl (C=S) groups is 1. The zero-order chi connectivity index (χ0) is 22.8. The molecule has 0 saturated carbocycles. The Morgan fingerprint density at radius 1 is 1.33 bits per heavy atom. The number of nitrogens with zero attached hydrogens (tertiary/aromatic N) is 1. The van der Waals surface area contributed by atoms with E-state index in [4.69, 9.17) is 14.2 Å². The highest BCUT2D eigenvalue weighted by molar-refractivity contribution is 7.80. The van der Waals surface area contributed by atoms with E-state index in [0.29, 0.717) is 10.8 Å². The van der Waals surface area contributed by atoms with Crippen LogP contribution in [-0.4, -0.2) is 57.5 Å². The van der Waals surface area contributed by atoms with E-state index in [2.05, 4.69) is 24.4 Å². The minimum absolute atomic E-state index is 0.527. The highest BCUT2D eigenvalue weighted by Crippen LogP contribution is 2.32. The van der Waals surface area contributed by atoms with E-state index >= 15 is 0 Å². The molecule has 0 aromatic carbocycles. The first-order valence-corrected chi connectivity index (χ1v) is 8.97. The molecule has 0 bridgehead atoms. The molecule has 9 nitrogen and oxygen atoms in total. The van der Waals surface area contributed by atoms with Crippen molar-refractivity contribution in [3.63, 3.8) is 0 Å². The molecular formula is C15H15F4N3O6S2. The maximum Gasteiger partial charge on any atom is 0.441 e. The smallest absolute Gasteiger partial charge is 0.441 e. The molecule has 1 aromatic heterocycles. The van der Waals surface area contributed by atoms with Crippen LogP contribution in [0.3, 0.4) is 0 Å². The van der Waals surface area contributed by atoms with Gasteiger partial charge >= 0.3 is 23.8 Å². The van der Waals surface area contributed by atoms with Gasteiger partial charge in [-0.25, -0.2) is 9.18 Å². The summed E-state index contributed by atoms with van der Waals surface area (Å²) in [5.74, 6) is -2.70. The van der Waals surface area contributed by atoms with Crippen LogP contribution >= 0.6 is 24.4 Å². The Kier molecular flexibility index (Phi) is 7.31. The quantitative estimate of drug-likeness (QED) is 0.371. The van der Waals surface area contributed by atoms with Gasteiger partial charge < -0.3 is 19.5 Å². The van der Waals surface area contributed by atoms with Crippen molar-refractivity contribution in [2.75, 3.05) is 6.61 Å². The average Bonchev–Trinajstić information content (AvgIpc) is 2.92. The third kappa shape index (κ3) is 5.60. The van der Waals surface area contributed by atoms with Crippen LogP contribution in [0, 0.1) is 10.5 Å². The third-order valence-corrected chi connectivity index (χ3v) is 4.49. The van der Waals surface area contributed by atoms with E-state index in [-0.39, 0.29) is 0 Å². The topological polar surface area (TPSA) is 112 Å². The van der Waals surface area contributed by atoms with E-state index in [1.54, 1.807) is 0 Å². The molecule has 1 aliphatic rings. The number of nitrogens with one attached hydrogen (secondary N) is 2. The molecule has 2 heterocycles. The molecule has 0 radical (unpaired) electrons. The minimum Gasteiger partial charge on any atom is -0.463 e. The number of hydrogen-bond acceptors (Lipinski definition) is 8. The Morgan fingerprint density at radius 3 is 2.50 bits per heavy atom. The number of aromatic amines is 1. The molecule has 4 atom stereocenters. The molecule has 0 spiro atoms. The van der Waals surface area contributed by atoms with Crippen molar-refractivity contribution < 1.29 is 41.4 Å². The molecule has 1 aliphatic heterocycles. The lowest BCUT2D eigenvalue weighted by molar-refractivity contribution is -0.155. The van der Waals surface area contributed by atoms with Crippen LogP contribution in [0.25, 0.3) is 0 Å². The number of carbonyl (C=O) groups excluding carboxylic acids is 2. The zero-order valence-corrected chi connectivity index (χ0v) is 17.0. The number of esters is 2. The van der Waals surface area contributed by atoms with Crippen LogP contribution in [0.2, 0.25) is 0 Å². The van der Waals surface area contributed by atoms with Crippen LogP contribution in [0.15, 0.2) is 11.0 Å². The molecule has 2 rings (SSSR count). The number of alkyl halides is 3. The first-order valence-electron chi connectivity index (χ1n) is 8.16. The van der Waals surface area contributed by atoms with Crippen molar-refractivity contribution in [1.82, 2.24) is 14.9 Å². The molecule has 1 fully saturated rings. The Balaban J connectivity index is 2.52. The number of H-pyrrole nitrogens is 1. The number of ether oxygens (including phenoxy) is 3. The summed E-state index contributed by atoms with van der Waals surface area (Å²) in [5.41, 5.74) is -1.01. The van der Waals surface area contributed by atoms with E-state index in [9.17, 15) is 31.9 Å². The van der Waals surface area contributed by atoms with Crippen LogP contribution in [-0.2, 0) is 23.8 Å². The summed E-state index contributed by atoms with van der Waals surface area (Å²) in [7, 11) is 0. The number of halogens is 4. The van der Waals surface area contributed by atoms with Gasteiger partial charge in [0.1, 0.15) is 23.4 Å². The van der Waals surface area contributed by atoms with Crippen LogP contribution in [0.4, 0.5) is 17.6 Å². The van der Waals surface area contributed by atoms with Gasteiger partial charge in [-0.15, -0.1) is 0 Å². The Bertz CT molecular complexity index is 963. The standard InChI is InChI=1S/C15H15F4N3O6S2/c1-5(23)26-4-8-10(27-6(2)24)9(20-13(30)15(17,18)19)12(28-8)22-3-7(16)11(29)21-14(22)25/h3,8-10,12H,4H2,1-2H3,(H,20,30)(H,21,25,29)/t8-,9-,10-,12-/m1/s1. The fraction of sp³-hybridized carbons (Fsp3) is 0.533. The van der Waals surface area contributed by atoms with Gasteiger partial charge in [-0.1, -0.05) is 24.4 Å². The largest absolute Gasteiger partial charge is 0.463 e. The Labute approximate surface area is 176 Å². The van der Waals surface area contributed by atoms with E-state index in [1.165, 1.54) is 0 Å². The monoisotopic (exact) mass is 473 g/mol. The van der Waals surface area contributed by atoms with Gasteiger partial charge in [-0.05, 0) is 0 Å². The summed E-state index contributed by atoms with van der Waals surface area (Å²) in [4.78, 5) is 35.3. The number of hydrogen-bond donors (Lipinski definition) is 2. The number of rotatable bonds is 5. The van der Waals surface area contributed by atoms with E-state index < -0.39 is 70.3 Å². The van der Waals surface area contributed by atoms with Crippen LogP contribution in [0.1, 0.15) is 20.1 Å². The normalized spacial score (nSPS) is 23.7. The van der Waals surface area contributed by atoms with Crippen LogP contribution in [0.5, 0.6) is 0 Å². The molecule has 1 aromatic rings. The fourth-order valence-electron chi connectivity index (χ4n) is 2.68. The van der Waals surface area contributed by atoms with Gasteiger partial charge in [-0.3, -0.25) is 19.1 Å². The first-order chi connectivity index (χ1) is 13.8. The summed E-state index contributed by atoms with van der Waals surface area (Å²) in [6, 6.07) is -1.59. The lowest BCUT2D eigenvalue weighted by atomic mass is 10.1. The maximum atomic E-state index is 13.9. The summed E-state index contributed by atoms with van der Waals surface area (Å²) in [6.07, 6.45) is -8.75. The molecule has 1 saturated heterocycles. The van der Waals surface area contributed by atoms with Gasteiger partial charge in [0.25, 0.3) is 0 Å². The van der Waals surface area contributed by atoms with Crippen molar-refractivity contribution >= 4 is 41.4 Å². The van der Waals surface area contributed by atoms with Gasteiger partial charge in [0.2, 0.25) is 0 Å². The van der Waals surface area contributed by atoms with E-state index in [1.807, 2.05) is 10.3 Å². The highest BCUT2D eigenvalue weighted by atomic mass is 32.1. The zero-order valence-electron chi connectivity index (χ0n) is 15.3. The van der Waals surface area contributed by atoms with Gasteiger partial charge in [0.15, 0.2) is 23.1 Å². The molecule has 30 heavy (non-hydrogen) atoms. The Morgan fingerprint density at radius 2 is 1.97 bits per heavy atom. The predicted molar refractivity (Wildman–Crippen MR) is 97.5 cm³/mol. The summed E-state index contributed by atoms with van der Waals surface area (Å²) < 4.78 is 68.3. The molecule has 0 aliphatic carbocycles. The first kappa shape index (κ1) is 23.9. The molecule has 0 amide bonds. The van der Waals surface area contributed by atoms with Crippen molar-refractivity contribution in [3.8, 4) is 0 Å². The van der Waals surface area contributed by atoms with E-state index in [0.717, 1.165) is 13.8 Å². The van der Waals surface area contributed by atoms with Crippen LogP contribution < -0.4 is 11.0 Å². The van der Waals surface area contributed by atoms with Gasteiger partial charge in [0.05, 0.1) is 6.20 Å². The number of aromatic nitrogens is 2. The third-order valence-electron chi connectivity index (χ3n) is 3.85. The molecule has 2 N–H and O–H groups in total. The second-order valence-electron chi connectivity index (χ2n) is 6.08. The summed E-state index contributed by atoms with van der Waals surface area (Å²) in [5, 5.41) is 1.94. The second kappa shape index (κ2) is 9.18. The van der Waals surface area contributed by atoms with Gasteiger partial charge in [0, 0.05) is 13.8 Å². The summed E-state index contributed by atoms with van der Waals surface area (Å²) >= 11 is 8.92. The molecule has 0 unspecified atom stereocenters. The predicted octanol–water partition coefficient (Wildman–Crippen LogP) is 1.29. The average molecular weight is 473 g/mol. The van der Waals surface area contributed by atoms with Crippen molar-refractivity contribution in [1.29, 1.82) is 0 Å². The lowest BCUT2D eigenvalue weighted by Crippen LogP contribution is -2.52. The number of carbonyl (C=O) groups is 2. The second-order valence-corrected chi connectivity index (χ2v) is 6.90. The maximum absolute atomic E-state index is 13.9.